The van der Waals surface area contributed by atoms with Crippen LogP contribution in [0.5, 0.6) is 0 Å². The van der Waals surface area contributed by atoms with Crippen molar-refractivity contribution < 1.29 is 15.3 Å². The maximum atomic E-state index is 11.3. The molecule has 0 aromatic rings. The lowest BCUT2D eigenvalue weighted by Gasteiger charge is -2.23. The summed E-state index contributed by atoms with van der Waals surface area (Å²) < 4.78 is 4.97. The van der Waals surface area contributed by atoms with Gasteiger partial charge < -0.3 is 10.5 Å². The molecule has 0 spiro atoms. The van der Waals surface area contributed by atoms with Crippen LogP contribution in [0.1, 0.15) is 32.6 Å². The summed E-state index contributed by atoms with van der Waals surface area (Å²) in [7, 11) is 0. The molecule has 1 rings (SSSR count). The topological polar surface area (TPSA) is 53.9 Å². The van der Waals surface area contributed by atoms with Crippen molar-refractivity contribution in [2.75, 3.05) is 6.61 Å². The lowest BCUT2D eigenvalue weighted by atomic mass is 9.85. The molecular formula is C9H18NO2+. The van der Waals surface area contributed by atoms with E-state index in [1.807, 2.05) is 6.92 Å². The highest BCUT2D eigenvalue weighted by atomic mass is 16.5. The third-order valence-electron chi connectivity index (χ3n) is 2.50. The minimum absolute atomic E-state index is 0.0443. The van der Waals surface area contributed by atoms with Crippen molar-refractivity contribution in [2.45, 2.75) is 38.6 Å². The van der Waals surface area contributed by atoms with E-state index in [1.165, 1.54) is 6.42 Å². The Morgan fingerprint density at radius 1 is 1.50 bits per heavy atom. The molecular weight excluding hydrogens is 154 g/mol. The summed E-state index contributed by atoms with van der Waals surface area (Å²) in [6.45, 7) is 2.33. The quantitative estimate of drug-likeness (QED) is 0.611. The Balaban J connectivity index is 2.42. The lowest BCUT2D eigenvalue weighted by molar-refractivity contribution is -0.435. The van der Waals surface area contributed by atoms with Gasteiger partial charge in [0.2, 0.25) is 0 Å². The van der Waals surface area contributed by atoms with Gasteiger partial charge in [-0.05, 0) is 19.8 Å². The number of carbonyl (C=O) groups excluding carboxylic acids is 1. The molecule has 1 saturated carbocycles. The van der Waals surface area contributed by atoms with Crippen LogP contribution in [0.15, 0.2) is 0 Å². The molecule has 1 aliphatic carbocycles. The average molecular weight is 172 g/mol. The first-order valence-corrected chi connectivity index (χ1v) is 4.75. The van der Waals surface area contributed by atoms with Gasteiger partial charge in [-0.15, -0.1) is 0 Å². The van der Waals surface area contributed by atoms with E-state index in [4.69, 9.17) is 4.74 Å². The highest BCUT2D eigenvalue weighted by molar-refractivity contribution is 5.73. The Morgan fingerprint density at radius 2 is 2.17 bits per heavy atom. The van der Waals surface area contributed by atoms with Gasteiger partial charge in [-0.1, -0.05) is 6.42 Å². The zero-order valence-electron chi connectivity index (χ0n) is 7.71. The van der Waals surface area contributed by atoms with Gasteiger partial charge in [0.05, 0.1) is 12.6 Å². The normalized spacial score (nSPS) is 29.8. The van der Waals surface area contributed by atoms with Gasteiger partial charge in [0.1, 0.15) is 5.92 Å². The van der Waals surface area contributed by atoms with E-state index < -0.39 is 0 Å². The maximum Gasteiger partial charge on any atom is 0.314 e. The Kier molecular flexibility index (Phi) is 3.53. The molecule has 0 aromatic heterocycles. The van der Waals surface area contributed by atoms with Crippen molar-refractivity contribution in [3.8, 4) is 0 Å². The second-order valence-electron chi connectivity index (χ2n) is 3.40. The van der Waals surface area contributed by atoms with E-state index in [2.05, 4.69) is 5.73 Å². The number of rotatable bonds is 2. The predicted octanol–water partition coefficient (Wildman–Crippen LogP) is 0.350. The molecule has 0 aromatic carbocycles. The standard InChI is InChI=1S/C9H17NO2/c1-2-12-9(11)7-5-3-4-6-8(7)10/h7-8H,2-6,10H2,1H3/p+1/t7-,8-/m1/s1. The molecule has 0 radical (unpaired) electrons. The number of carbonyl (C=O) groups is 1. The predicted molar refractivity (Wildman–Crippen MR) is 45.3 cm³/mol. The van der Waals surface area contributed by atoms with Gasteiger partial charge in [-0.2, -0.15) is 0 Å². The summed E-state index contributed by atoms with van der Waals surface area (Å²) in [5, 5.41) is 0. The lowest BCUT2D eigenvalue weighted by Crippen LogP contribution is -2.66. The van der Waals surface area contributed by atoms with Gasteiger partial charge in [0, 0.05) is 6.42 Å². The van der Waals surface area contributed by atoms with E-state index in [9.17, 15) is 4.79 Å². The minimum Gasteiger partial charge on any atom is -0.466 e. The fourth-order valence-electron chi connectivity index (χ4n) is 1.77. The van der Waals surface area contributed by atoms with Crippen molar-refractivity contribution in [1.29, 1.82) is 0 Å². The van der Waals surface area contributed by atoms with Gasteiger partial charge in [0.25, 0.3) is 0 Å². The number of esters is 1. The minimum atomic E-state index is -0.0443. The molecule has 0 heterocycles. The number of quaternary nitrogens is 1. The van der Waals surface area contributed by atoms with Crippen molar-refractivity contribution in [3.05, 3.63) is 0 Å². The van der Waals surface area contributed by atoms with Gasteiger partial charge in [-0.3, -0.25) is 4.79 Å². The third kappa shape index (κ3) is 2.21. The molecule has 1 aliphatic rings. The maximum absolute atomic E-state index is 11.3. The van der Waals surface area contributed by atoms with Crippen LogP contribution in [0.4, 0.5) is 0 Å². The number of ether oxygens (including phenoxy) is 1. The van der Waals surface area contributed by atoms with E-state index >= 15 is 0 Å². The van der Waals surface area contributed by atoms with Crippen LogP contribution < -0.4 is 5.73 Å². The molecule has 12 heavy (non-hydrogen) atoms. The fraction of sp³-hybridized carbons (Fsp3) is 0.889. The summed E-state index contributed by atoms with van der Waals surface area (Å²) >= 11 is 0. The highest BCUT2D eigenvalue weighted by Gasteiger charge is 2.31. The first-order valence-electron chi connectivity index (χ1n) is 4.75. The van der Waals surface area contributed by atoms with Crippen LogP contribution in [0.2, 0.25) is 0 Å². The molecule has 3 heteroatoms. The van der Waals surface area contributed by atoms with Crippen LogP contribution in [-0.4, -0.2) is 18.6 Å². The monoisotopic (exact) mass is 172 g/mol. The zero-order valence-corrected chi connectivity index (χ0v) is 7.71. The molecule has 0 aliphatic heterocycles. The summed E-state index contributed by atoms with van der Waals surface area (Å²) in [5.41, 5.74) is 3.98. The van der Waals surface area contributed by atoms with Crippen LogP contribution in [0, 0.1) is 5.92 Å². The first kappa shape index (κ1) is 9.52. The van der Waals surface area contributed by atoms with Gasteiger partial charge in [-0.25, -0.2) is 0 Å². The summed E-state index contributed by atoms with van der Waals surface area (Å²) in [4.78, 5) is 11.3. The summed E-state index contributed by atoms with van der Waals surface area (Å²) in [6, 6.07) is 0.276. The molecule has 2 atom stereocenters. The van der Waals surface area contributed by atoms with E-state index in [-0.39, 0.29) is 17.9 Å². The zero-order chi connectivity index (χ0) is 8.97. The fourth-order valence-corrected chi connectivity index (χ4v) is 1.77. The van der Waals surface area contributed by atoms with Crippen molar-refractivity contribution in [1.82, 2.24) is 0 Å². The molecule has 0 unspecified atom stereocenters. The Morgan fingerprint density at radius 3 is 2.75 bits per heavy atom. The van der Waals surface area contributed by atoms with Crippen molar-refractivity contribution >= 4 is 5.97 Å². The van der Waals surface area contributed by atoms with Crippen LogP contribution in [-0.2, 0) is 9.53 Å². The Labute approximate surface area is 73.3 Å². The molecule has 0 saturated heterocycles. The average Bonchev–Trinajstić information content (AvgIpc) is 2.05. The Bertz CT molecular complexity index is 159. The molecule has 0 bridgehead atoms. The molecule has 3 N–H and O–H groups in total. The summed E-state index contributed by atoms with van der Waals surface area (Å²) in [6.07, 6.45) is 4.40. The summed E-state index contributed by atoms with van der Waals surface area (Å²) in [5.74, 6) is 0.0240. The Hall–Kier alpha value is -0.570. The largest absolute Gasteiger partial charge is 0.466 e. The molecule has 0 amide bonds. The van der Waals surface area contributed by atoms with Crippen LogP contribution in [0.3, 0.4) is 0 Å². The van der Waals surface area contributed by atoms with E-state index in [0.29, 0.717) is 6.61 Å². The number of hydrogen-bond donors (Lipinski definition) is 1. The molecule has 70 valence electrons. The smallest absolute Gasteiger partial charge is 0.314 e. The van der Waals surface area contributed by atoms with Gasteiger partial charge >= 0.3 is 5.97 Å². The van der Waals surface area contributed by atoms with E-state index in [1.54, 1.807) is 0 Å². The molecule has 3 nitrogen and oxygen atoms in total. The van der Waals surface area contributed by atoms with Crippen molar-refractivity contribution in [2.24, 2.45) is 5.92 Å². The van der Waals surface area contributed by atoms with Gasteiger partial charge in [0.15, 0.2) is 0 Å². The second-order valence-corrected chi connectivity index (χ2v) is 3.40. The highest BCUT2D eigenvalue weighted by Crippen LogP contribution is 2.22. The first-order chi connectivity index (χ1) is 5.75. The third-order valence-corrected chi connectivity index (χ3v) is 2.50. The SMILES string of the molecule is CCOC(=O)[C@@H]1CCCC[C@H]1[NH3+]. The van der Waals surface area contributed by atoms with Crippen LogP contribution in [0.25, 0.3) is 0 Å². The second kappa shape index (κ2) is 4.45. The van der Waals surface area contributed by atoms with Crippen LogP contribution >= 0.6 is 0 Å². The van der Waals surface area contributed by atoms with E-state index in [0.717, 1.165) is 19.3 Å². The van der Waals surface area contributed by atoms with Crippen molar-refractivity contribution in [3.63, 3.8) is 0 Å². The molecule has 1 fully saturated rings. The number of hydrogen-bond acceptors (Lipinski definition) is 2.